The monoisotopic (exact) mass is 309 g/mol. The summed E-state index contributed by atoms with van der Waals surface area (Å²) in [6.45, 7) is 1.58. The van der Waals surface area contributed by atoms with Crippen molar-refractivity contribution < 1.29 is 9.53 Å². The number of methoxy groups -OCH3 is 1. The van der Waals surface area contributed by atoms with Crippen LogP contribution in [0.2, 0.25) is 0 Å². The Morgan fingerprint density at radius 2 is 2.06 bits per heavy atom. The number of ether oxygens (including phenoxy) is 1. The van der Waals surface area contributed by atoms with Gasteiger partial charge < -0.3 is 9.64 Å². The first-order chi connectivity index (χ1) is 8.29. The molecule has 0 saturated carbocycles. The molecule has 0 unspecified atom stereocenters. The lowest BCUT2D eigenvalue weighted by atomic mass is 10.1. The maximum absolute atomic E-state index is 11.3. The van der Waals surface area contributed by atoms with Crippen LogP contribution < -0.4 is 0 Å². The molecular weight excluding hydrogens is 294 g/mol. The molecule has 1 aromatic rings. The second-order valence-corrected chi connectivity index (χ2v) is 3.88. The molecule has 0 spiro atoms. The second-order valence-electron chi connectivity index (χ2n) is 3.88. The van der Waals surface area contributed by atoms with E-state index in [1.54, 1.807) is 6.08 Å². The molecule has 2 rings (SSSR count). The summed E-state index contributed by atoms with van der Waals surface area (Å²) in [7, 11) is 1.40. The Balaban J connectivity index is 0.00000162. The van der Waals surface area contributed by atoms with Crippen LogP contribution in [0.25, 0.3) is 0 Å². The van der Waals surface area contributed by atoms with E-state index in [1.165, 1.54) is 12.7 Å². The lowest BCUT2D eigenvalue weighted by Crippen LogP contribution is -2.21. The summed E-state index contributed by atoms with van der Waals surface area (Å²) in [4.78, 5) is 13.4. The summed E-state index contributed by atoms with van der Waals surface area (Å²) in [6.07, 6.45) is 5.60. The zero-order valence-corrected chi connectivity index (χ0v) is 11.9. The van der Waals surface area contributed by atoms with Crippen molar-refractivity contribution in [2.24, 2.45) is 0 Å². The Morgan fingerprint density at radius 3 is 2.61 bits per heavy atom. The highest BCUT2D eigenvalue weighted by molar-refractivity contribution is 8.93. The molecule has 1 aliphatic heterocycles. The third-order valence-corrected chi connectivity index (χ3v) is 2.66. The molecule has 0 bridgehead atoms. The maximum atomic E-state index is 11.3. The molecule has 18 heavy (non-hydrogen) atoms. The van der Waals surface area contributed by atoms with Crippen LogP contribution in [0.15, 0.2) is 54.3 Å². The molecule has 0 amide bonds. The Bertz CT molecular complexity index is 454. The van der Waals surface area contributed by atoms with Crippen LogP contribution in [0, 0.1) is 0 Å². The van der Waals surface area contributed by atoms with Crippen molar-refractivity contribution in [3.63, 3.8) is 0 Å². The molecule has 0 atom stereocenters. The van der Waals surface area contributed by atoms with E-state index in [4.69, 9.17) is 0 Å². The number of benzene rings is 1. The first-order valence-electron chi connectivity index (χ1n) is 5.54. The number of rotatable bonds is 3. The third-order valence-electron chi connectivity index (χ3n) is 2.66. The van der Waals surface area contributed by atoms with E-state index >= 15 is 0 Å². The summed E-state index contributed by atoms with van der Waals surface area (Å²) in [5, 5.41) is 0. The zero-order chi connectivity index (χ0) is 12.1. The van der Waals surface area contributed by atoms with Gasteiger partial charge in [-0.25, -0.2) is 4.79 Å². The van der Waals surface area contributed by atoms with Gasteiger partial charge >= 0.3 is 5.97 Å². The smallest absolute Gasteiger partial charge is 0.337 e. The van der Waals surface area contributed by atoms with Crippen LogP contribution in [0.3, 0.4) is 0 Å². The molecule has 0 radical (unpaired) electrons. The first-order valence-corrected chi connectivity index (χ1v) is 5.54. The third kappa shape index (κ3) is 3.74. The molecular formula is C14H16BrNO2. The van der Waals surface area contributed by atoms with Crippen molar-refractivity contribution in [2.75, 3.05) is 13.7 Å². The minimum atomic E-state index is -0.277. The van der Waals surface area contributed by atoms with Gasteiger partial charge in [-0.3, -0.25) is 0 Å². The van der Waals surface area contributed by atoms with Crippen LogP contribution >= 0.6 is 17.0 Å². The predicted octanol–water partition coefficient (Wildman–Crippen LogP) is 2.69. The predicted molar refractivity (Wildman–Crippen MR) is 76.4 cm³/mol. The fraction of sp³-hybridized carbons (Fsp3) is 0.214. The van der Waals surface area contributed by atoms with Crippen molar-refractivity contribution in [2.45, 2.75) is 6.54 Å². The zero-order valence-electron chi connectivity index (χ0n) is 10.2. The van der Waals surface area contributed by atoms with E-state index in [-0.39, 0.29) is 23.0 Å². The van der Waals surface area contributed by atoms with Gasteiger partial charge in [0.05, 0.1) is 12.7 Å². The molecule has 0 N–H and O–H groups in total. The van der Waals surface area contributed by atoms with Crippen molar-refractivity contribution in [3.05, 3.63) is 59.8 Å². The van der Waals surface area contributed by atoms with Crippen LogP contribution in [0.4, 0.5) is 0 Å². The summed E-state index contributed by atoms with van der Waals surface area (Å²) >= 11 is 0. The fourth-order valence-corrected chi connectivity index (χ4v) is 1.73. The van der Waals surface area contributed by atoms with Gasteiger partial charge in [0, 0.05) is 19.3 Å². The molecule has 96 valence electrons. The van der Waals surface area contributed by atoms with Crippen LogP contribution in [0.1, 0.15) is 5.56 Å². The van der Waals surface area contributed by atoms with Gasteiger partial charge in [-0.05, 0) is 11.6 Å². The molecule has 0 fully saturated rings. The summed E-state index contributed by atoms with van der Waals surface area (Å²) < 4.78 is 4.67. The SMILES string of the molecule is Br.COC(=O)C1=CCN(Cc2ccccc2)C=C1. The Kier molecular flexibility index (Phi) is 5.65. The number of esters is 1. The van der Waals surface area contributed by atoms with Crippen molar-refractivity contribution in [3.8, 4) is 0 Å². The minimum Gasteiger partial charge on any atom is -0.465 e. The summed E-state index contributed by atoms with van der Waals surface area (Å²) in [5.74, 6) is -0.277. The van der Waals surface area contributed by atoms with Crippen LogP contribution in [0.5, 0.6) is 0 Å². The maximum Gasteiger partial charge on any atom is 0.337 e. The molecule has 4 heteroatoms. The van der Waals surface area contributed by atoms with Crippen LogP contribution in [-0.4, -0.2) is 24.5 Å². The molecule has 3 nitrogen and oxygen atoms in total. The van der Waals surface area contributed by atoms with Crippen molar-refractivity contribution in [1.29, 1.82) is 0 Å². The lowest BCUT2D eigenvalue weighted by molar-refractivity contribution is -0.135. The highest BCUT2D eigenvalue weighted by Gasteiger charge is 2.11. The average molecular weight is 310 g/mol. The molecule has 1 aliphatic rings. The lowest BCUT2D eigenvalue weighted by Gasteiger charge is -2.22. The van der Waals surface area contributed by atoms with Gasteiger partial charge in [-0.15, -0.1) is 17.0 Å². The average Bonchev–Trinajstić information content (AvgIpc) is 2.40. The van der Waals surface area contributed by atoms with Gasteiger partial charge in [0.15, 0.2) is 0 Å². The van der Waals surface area contributed by atoms with Crippen LogP contribution in [-0.2, 0) is 16.1 Å². The number of carbonyl (C=O) groups excluding carboxylic acids is 1. The molecule has 0 saturated heterocycles. The number of nitrogens with zero attached hydrogens (tertiary/aromatic N) is 1. The fourth-order valence-electron chi connectivity index (χ4n) is 1.73. The summed E-state index contributed by atoms with van der Waals surface area (Å²) in [6, 6.07) is 10.2. The highest BCUT2D eigenvalue weighted by Crippen LogP contribution is 2.12. The normalized spacial score (nSPS) is 13.6. The molecule has 0 aromatic heterocycles. The van der Waals surface area contributed by atoms with Crippen molar-refractivity contribution >= 4 is 23.0 Å². The molecule has 1 aromatic carbocycles. The Morgan fingerprint density at radius 1 is 1.33 bits per heavy atom. The quantitative estimate of drug-likeness (QED) is 0.804. The van der Waals surface area contributed by atoms with E-state index in [1.807, 2.05) is 30.5 Å². The minimum absolute atomic E-state index is 0. The first kappa shape index (κ1) is 14.5. The number of hydrogen-bond acceptors (Lipinski definition) is 3. The van der Waals surface area contributed by atoms with Crippen molar-refractivity contribution in [1.82, 2.24) is 4.90 Å². The summed E-state index contributed by atoms with van der Waals surface area (Å²) in [5.41, 5.74) is 1.88. The van der Waals surface area contributed by atoms with Gasteiger partial charge in [-0.1, -0.05) is 36.4 Å². The van der Waals surface area contributed by atoms with Gasteiger partial charge in [0.2, 0.25) is 0 Å². The molecule has 0 aliphatic carbocycles. The Labute approximate surface area is 118 Å². The largest absolute Gasteiger partial charge is 0.465 e. The van der Waals surface area contributed by atoms with E-state index in [9.17, 15) is 4.79 Å². The highest BCUT2D eigenvalue weighted by atomic mass is 79.9. The van der Waals surface area contributed by atoms with Gasteiger partial charge in [-0.2, -0.15) is 0 Å². The number of hydrogen-bond donors (Lipinski definition) is 0. The molecule has 1 heterocycles. The number of halogens is 1. The Hall–Kier alpha value is -1.55. The second kappa shape index (κ2) is 7.01. The van der Waals surface area contributed by atoms with E-state index in [2.05, 4.69) is 21.8 Å². The van der Waals surface area contributed by atoms with Gasteiger partial charge in [0.1, 0.15) is 0 Å². The van der Waals surface area contributed by atoms with E-state index in [0.29, 0.717) is 5.57 Å². The standard InChI is InChI=1S/C14H15NO2.BrH/c1-17-14(16)13-7-9-15(10-8-13)11-12-5-3-2-4-6-12;/h2-9H,10-11H2,1H3;1H. The number of carbonyl (C=O) groups is 1. The van der Waals surface area contributed by atoms with E-state index < -0.39 is 0 Å². The van der Waals surface area contributed by atoms with Gasteiger partial charge in [0.25, 0.3) is 0 Å². The van der Waals surface area contributed by atoms with E-state index in [0.717, 1.165) is 13.1 Å². The topological polar surface area (TPSA) is 29.5 Å².